The molecule has 39 heavy (non-hydrogen) atoms. The molecule has 1 saturated heterocycles. The maximum absolute atomic E-state index is 13.7. The Morgan fingerprint density at radius 3 is 2.18 bits per heavy atom. The summed E-state index contributed by atoms with van der Waals surface area (Å²) in [5.74, 6) is 0.328. The van der Waals surface area contributed by atoms with Gasteiger partial charge < -0.3 is 19.7 Å². The van der Waals surface area contributed by atoms with Gasteiger partial charge in [0, 0.05) is 43.3 Å². The molecule has 5 aromatic rings. The van der Waals surface area contributed by atoms with E-state index in [0.717, 1.165) is 83.4 Å². The lowest BCUT2D eigenvalue weighted by Gasteiger charge is -2.35. The smallest absolute Gasteiger partial charge is 0.210 e. The molecule has 2 aliphatic rings. The summed E-state index contributed by atoms with van der Waals surface area (Å²) in [7, 11) is 2.15. The third-order valence-corrected chi connectivity index (χ3v) is 8.31. The molecule has 0 spiro atoms. The van der Waals surface area contributed by atoms with Gasteiger partial charge in [-0.2, -0.15) is 0 Å². The van der Waals surface area contributed by atoms with Crippen molar-refractivity contribution in [3.8, 4) is 22.0 Å². The summed E-state index contributed by atoms with van der Waals surface area (Å²) in [6, 6.07) is 17.6. The number of imidazole rings is 1. The summed E-state index contributed by atoms with van der Waals surface area (Å²) in [5, 5.41) is 13.6. The number of hydrogen-bond donors (Lipinski definition) is 1. The molecule has 7 rings (SSSR count). The van der Waals surface area contributed by atoms with Crippen LogP contribution in [0.15, 0.2) is 60.7 Å². The van der Waals surface area contributed by atoms with E-state index in [4.69, 9.17) is 4.98 Å². The molecule has 0 atom stereocenters. The molecule has 2 fully saturated rings. The van der Waals surface area contributed by atoms with Gasteiger partial charge in [0.15, 0.2) is 0 Å². The van der Waals surface area contributed by atoms with Crippen molar-refractivity contribution in [2.45, 2.75) is 18.9 Å². The first kappa shape index (κ1) is 24.2. The van der Waals surface area contributed by atoms with Crippen LogP contribution in [-0.2, 0) is 0 Å². The number of piperazine rings is 1. The van der Waals surface area contributed by atoms with Crippen LogP contribution in [0.25, 0.3) is 33.0 Å². The van der Waals surface area contributed by atoms with Crippen molar-refractivity contribution in [2.24, 2.45) is 0 Å². The molecule has 1 N–H and O–H groups in total. The van der Waals surface area contributed by atoms with Crippen LogP contribution in [0.5, 0.6) is 0 Å². The molecule has 1 aliphatic carbocycles. The summed E-state index contributed by atoms with van der Waals surface area (Å²) in [5.41, 5.74) is 5.71. The van der Waals surface area contributed by atoms with Crippen molar-refractivity contribution < 1.29 is 8.78 Å². The number of rotatable bonds is 6. The Balaban J connectivity index is 1.31. The van der Waals surface area contributed by atoms with Crippen LogP contribution in [0, 0.1) is 11.6 Å². The summed E-state index contributed by atoms with van der Waals surface area (Å²) < 4.78 is 29.4. The first-order valence-electron chi connectivity index (χ1n) is 13.1. The average Bonchev–Trinajstić information content (AvgIpc) is 3.56. The van der Waals surface area contributed by atoms with Gasteiger partial charge in [0.2, 0.25) is 5.13 Å². The Bertz CT molecular complexity index is 1630. The maximum Gasteiger partial charge on any atom is 0.210 e. The van der Waals surface area contributed by atoms with Crippen LogP contribution in [-0.4, -0.2) is 57.9 Å². The van der Waals surface area contributed by atoms with E-state index in [1.165, 1.54) is 35.6 Å². The molecule has 7 nitrogen and oxygen atoms in total. The zero-order valence-electron chi connectivity index (χ0n) is 21.4. The van der Waals surface area contributed by atoms with Crippen molar-refractivity contribution >= 4 is 38.9 Å². The second-order valence-corrected chi connectivity index (χ2v) is 11.2. The van der Waals surface area contributed by atoms with E-state index in [9.17, 15) is 8.78 Å². The molecule has 3 heterocycles. The fourth-order valence-electron chi connectivity index (χ4n) is 5.14. The predicted molar refractivity (Wildman–Crippen MR) is 152 cm³/mol. The van der Waals surface area contributed by atoms with E-state index in [-0.39, 0.29) is 11.6 Å². The molecule has 0 unspecified atom stereocenters. The number of benzene rings is 3. The van der Waals surface area contributed by atoms with Crippen molar-refractivity contribution in [3.63, 3.8) is 0 Å². The van der Waals surface area contributed by atoms with Crippen molar-refractivity contribution in [3.05, 3.63) is 72.3 Å². The van der Waals surface area contributed by atoms with Gasteiger partial charge in [0.05, 0.1) is 22.4 Å². The van der Waals surface area contributed by atoms with Gasteiger partial charge in [0.25, 0.3) is 0 Å². The van der Waals surface area contributed by atoms with Crippen molar-refractivity contribution in [1.29, 1.82) is 0 Å². The van der Waals surface area contributed by atoms with E-state index in [1.54, 1.807) is 24.3 Å². The predicted octanol–water partition coefficient (Wildman–Crippen LogP) is 6.33. The number of nitrogens with zero attached hydrogens (tertiary/aromatic N) is 6. The highest BCUT2D eigenvalue weighted by Gasteiger charge is 2.30. The molecular weight excluding hydrogens is 516 g/mol. The quantitative estimate of drug-likeness (QED) is 0.270. The molecule has 2 aromatic heterocycles. The fraction of sp³-hybridized carbons (Fsp3) is 0.276. The van der Waals surface area contributed by atoms with E-state index in [1.807, 2.05) is 0 Å². The van der Waals surface area contributed by atoms with Crippen LogP contribution in [0.4, 0.5) is 25.3 Å². The van der Waals surface area contributed by atoms with Crippen LogP contribution < -0.4 is 10.2 Å². The lowest BCUT2D eigenvalue weighted by atomic mass is 10.2. The van der Waals surface area contributed by atoms with Gasteiger partial charge in [-0.15, -0.1) is 10.2 Å². The zero-order chi connectivity index (χ0) is 26.5. The Morgan fingerprint density at radius 1 is 0.846 bits per heavy atom. The maximum atomic E-state index is 13.7. The summed E-state index contributed by atoms with van der Waals surface area (Å²) in [6.45, 7) is 3.79. The van der Waals surface area contributed by atoms with Gasteiger partial charge in [0.1, 0.15) is 22.5 Å². The molecule has 0 radical (unpaired) electrons. The van der Waals surface area contributed by atoms with Gasteiger partial charge in [-0.05, 0) is 80.6 Å². The number of anilines is 3. The summed E-state index contributed by atoms with van der Waals surface area (Å²) in [4.78, 5) is 9.79. The first-order valence-corrected chi connectivity index (χ1v) is 14.0. The third-order valence-electron chi connectivity index (χ3n) is 7.42. The molecule has 1 saturated carbocycles. The molecular formula is C29H27F2N7S. The number of fused-ring (bicyclic) bond motifs is 1. The standard InChI is InChI=1S/C29H27F2N7S/c1-36-12-14-37(15-13-36)25-17-26-24(32-27(38(26)22-10-11-22)18-2-6-20(30)7-3-18)16-23(25)33-29-35-34-28(39-29)19-4-8-21(31)9-5-19/h2-9,16-17,22H,10-15H2,1H3,(H,33,35). The lowest BCUT2D eigenvalue weighted by molar-refractivity contribution is 0.313. The molecule has 1 aliphatic heterocycles. The number of nitrogens with one attached hydrogen (secondary N) is 1. The molecule has 0 amide bonds. The van der Waals surface area contributed by atoms with Crippen molar-refractivity contribution in [2.75, 3.05) is 43.4 Å². The molecule has 198 valence electrons. The van der Waals surface area contributed by atoms with E-state index >= 15 is 0 Å². The van der Waals surface area contributed by atoms with Gasteiger partial charge in [-0.3, -0.25) is 0 Å². The largest absolute Gasteiger partial charge is 0.367 e. The van der Waals surface area contributed by atoms with E-state index in [0.29, 0.717) is 11.2 Å². The molecule has 10 heteroatoms. The number of hydrogen-bond acceptors (Lipinski definition) is 7. The van der Waals surface area contributed by atoms with E-state index < -0.39 is 0 Å². The number of halogens is 2. The highest BCUT2D eigenvalue weighted by atomic mass is 32.1. The minimum Gasteiger partial charge on any atom is -0.367 e. The van der Waals surface area contributed by atoms with Crippen LogP contribution in [0.1, 0.15) is 18.9 Å². The SMILES string of the molecule is CN1CCN(c2cc3c(cc2Nc2nnc(-c4ccc(F)cc4)s2)nc(-c2ccc(F)cc2)n3C2CC2)CC1. The number of likely N-dealkylation sites (N-methyl/N-ethyl adjacent to an activating group) is 1. The number of aromatic nitrogens is 4. The van der Waals surface area contributed by atoms with Gasteiger partial charge in [-0.25, -0.2) is 13.8 Å². The lowest BCUT2D eigenvalue weighted by Crippen LogP contribution is -2.44. The molecule has 0 bridgehead atoms. The zero-order valence-corrected chi connectivity index (χ0v) is 22.3. The average molecular weight is 544 g/mol. The minimum atomic E-state index is -0.280. The highest BCUT2D eigenvalue weighted by molar-refractivity contribution is 7.18. The van der Waals surface area contributed by atoms with Gasteiger partial charge >= 0.3 is 0 Å². The monoisotopic (exact) mass is 543 g/mol. The third kappa shape index (κ3) is 4.74. The summed E-state index contributed by atoms with van der Waals surface area (Å²) >= 11 is 1.43. The van der Waals surface area contributed by atoms with E-state index in [2.05, 4.69) is 49.1 Å². The Hall–Kier alpha value is -3.89. The first-order chi connectivity index (χ1) is 19.0. The Morgan fingerprint density at radius 2 is 1.51 bits per heavy atom. The Labute approximate surface area is 228 Å². The second-order valence-electron chi connectivity index (χ2n) is 10.2. The highest BCUT2D eigenvalue weighted by Crippen LogP contribution is 2.44. The van der Waals surface area contributed by atoms with Crippen LogP contribution in [0.2, 0.25) is 0 Å². The fourth-order valence-corrected chi connectivity index (χ4v) is 5.90. The summed E-state index contributed by atoms with van der Waals surface area (Å²) in [6.07, 6.45) is 2.22. The van der Waals surface area contributed by atoms with Crippen LogP contribution >= 0.6 is 11.3 Å². The van der Waals surface area contributed by atoms with Crippen molar-refractivity contribution in [1.82, 2.24) is 24.6 Å². The molecule has 3 aromatic carbocycles. The van der Waals surface area contributed by atoms with Gasteiger partial charge in [-0.1, -0.05) is 11.3 Å². The Kier molecular flexibility index (Phi) is 6.01. The minimum absolute atomic E-state index is 0.256. The van der Waals surface area contributed by atoms with Crippen LogP contribution in [0.3, 0.4) is 0 Å². The topological polar surface area (TPSA) is 62.1 Å². The second kappa shape index (κ2) is 9.69. The normalized spacial score (nSPS) is 16.2.